The molecule has 36 heavy (non-hydrogen) atoms. The van der Waals surface area contributed by atoms with Crippen molar-refractivity contribution in [2.75, 3.05) is 28.4 Å². The quantitative estimate of drug-likeness (QED) is 0.639. The predicted molar refractivity (Wildman–Crippen MR) is 125 cm³/mol. The normalized spacial score (nSPS) is 27.6. The maximum Gasteiger partial charge on any atom is 0.218 e. The highest BCUT2D eigenvalue weighted by Gasteiger charge is 2.80. The van der Waals surface area contributed by atoms with Crippen molar-refractivity contribution in [2.24, 2.45) is 10.8 Å². The van der Waals surface area contributed by atoms with Crippen molar-refractivity contribution in [1.82, 2.24) is 0 Å². The van der Waals surface area contributed by atoms with Crippen molar-refractivity contribution >= 4 is 5.90 Å². The molecule has 1 N–H and O–H groups in total. The van der Waals surface area contributed by atoms with Gasteiger partial charge in [0.15, 0.2) is 5.41 Å². The zero-order chi connectivity index (χ0) is 26.3. The van der Waals surface area contributed by atoms with E-state index >= 15 is 0 Å². The molecule has 0 saturated carbocycles. The van der Waals surface area contributed by atoms with Gasteiger partial charge in [-0.1, -0.05) is 12.1 Å². The summed E-state index contributed by atoms with van der Waals surface area (Å²) in [7, 11) is 5.82. The Morgan fingerprint density at radius 3 is 1.83 bits per heavy atom. The Morgan fingerprint density at radius 1 is 0.833 bits per heavy atom. The lowest BCUT2D eigenvalue weighted by Crippen LogP contribution is -2.57. The molecule has 0 amide bonds. The molecule has 2 saturated heterocycles. The molecule has 184 valence electrons. The Kier molecular flexibility index (Phi) is 5.92. The van der Waals surface area contributed by atoms with Crippen LogP contribution in [0, 0.1) is 50.2 Å². The number of fused-ring (bicyclic) bond motifs is 2. The number of hydrogen-bond acceptors (Lipinski definition) is 10. The van der Waals surface area contributed by atoms with Crippen molar-refractivity contribution in [3.8, 4) is 41.2 Å². The van der Waals surface area contributed by atoms with E-state index in [2.05, 4.69) is 6.07 Å². The fraction of sp³-hybridized carbons (Fsp3) is 0.385. The van der Waals surface area contributed by atoms with Crippen LogP contribution in [0.25, 0.3) is 0 Å². The van der Waals surface area contributed by atoms with Crippen LogP contribution in [-0.2, 0) is 9.47 Å². The summed E-state index contributed by atoms with van der Waals surface area (Å²) < 4.78 is 34.0. The molecule has 2 aliphatic heterocycles. The molecule has 0 aromatic heterocycles. The Bertz CT molecular complexity index is 1300. The number of nitrogens with one attached hydrogen (secondary N) is 1. The van der Waals surface area contributed by atoms with Gasteiger partial charge in [-0.2, -0.15) is 15.8 Å². The van der Waals surface area contributed by atoms with Crippen LogP contribution in [0.1, 0.15) is 30.1 Å². The third kappa shape index (κ3) is 3.00. The van der Waals surface area contributed by atoms with Crippen LogP contribution in [0.15, 0.2) is 36.4 Å². The maximum atomic E-state index is 10.6. The Labute approximate surface area is 208 Å². The van der Waals surface area contributed by atoms with Gasteiger partial charge in [0.2, 0.25) is 17.1 Å². The molecule has 2 aliphatic rings. The van der Waals surface area contributed by atoms with Gasteiger partial charge in [0.05, 0.1) is 58.1 Å². The lowest BCUT2D eigenvalue weighted by molar-refractivity contribution is -0.254. The minimum absolute atomic E-state index is 0.219. The standard InChI is InChI=1S/C26H24N4O6/c1-24-21(15-6-8-16(31-2)9-7-15)26(14-29,23(30)36-24)25(12-27,13-28)22(35-24)20-18(33-4)10-17(32-3)11-19(20)34-5/h6-11,21-22,30H,1-5H3. The molecule has 0 spiro atoms. The highest BCUT2D eigenvalue weighted by Crippen LogP contribution is 2.70. The topological polar surface area (TPSA) is 151 Å². The first-order valence-electron chi connectivity index (χ1n) is 10.9. The van der Waals surface area contributed by atoms with Crippen LogP contribution in [0.5, 0.6) is 23.0 Å². The van der Waals surface area contributed by atoms with Crippen LogP contribution in [0.4, 0.5) is 0 Å². The summed E-state index contributed by atoms with van der Waals surface area (Å²) in [6, 6.07) is 16.1. The van der Waals surface area contributed by atoms with Gasteiger partial charge in [0, 0.05) is 19.1 Å². The predicted octanol–water partition coefficient (Wildman–Crippen LogP) is 3.84. The Hall–Kier alpha value is -4.46. The molecule has 2 aromatic rings. The smallest absolute Gasteiger partial charge is 0.218 e. The van der Waals surface area contributed by atoms with E-state index in [0.29, 0.717) is 17.1 Å². The largest absolute Gasteiger partial charge is 0.497 e. The highest BCUT2D eigenvalue weighted by atomic mass is 16.7. The summed E-state index contributed by atoms with van der Waals surface area (Å²) in [5, 5.41) is 40.6. The first-order valence-corrected chi connectivity index (χ1v) is 10.9. The molecular weight excluding hydrogens is 464 g/mol. The molecule has 2 fully saturated rings. The molecule has 2 aromatic carbocycles. The van der Waals surface area contributed by atoms with Gasteiger partial charge in [-0.3, -0.25) is 5.41 Å². The second kappa shape index (κ2) is 8.64. The number of nitriles is 3. The van der Waals surface area contributed by atoms with Crippen LogP contribution in [0.2, 0.25) is 0 Å². The summed E-state index contributed by atoms with van der Waals surface area (Å²) in [6.45, 7) is 1.59. The minimum atomic E-state index is -2.23. The van der Waals surface area contributed by atoms with E-state index in [-0.39, 0.29) is 17.1 Å². The number of hydrogen-bond donors (Lipinski definition) is 1. The Morgan fingerprint density at radius 2 is 1.39 bits per heavy atom. The lowest BCUT2D eigenvalue weighted by Gasteiger charge is -2.49. The fourth-order valence-electron chi connectivity index (χ4n) is 5.33. The van der Waals surface area contributed by atoms with E-state index in [1.54, 1.807) is 43.3 Å². The van der Waals surface area contributed by atoms with Gasteiger partial charge in [0.1, 0.15) is 29.1 Å². The fourth-order valence-corrected chi connectivity index (χ4v) is 5.33. The van der Waals surface area contributed by atoms with E-state index in [4.69, 9.17) is 33.8 Å². The third-order valence-electron chi connectivity index (χ3n) is 6.98. The summed E-state index contributed by atoms with van der Waals surface area (Å²) >= 11 is 0. The van der Waals surface area contributed by atoms with Crippen LogP contribution < -0.4 is 18.9 Å². The molecular formula is C26H24N4O6. The molecule has 0 radical (unpaired) electrons. The van der Waals surface area contributed by atoms with Crippen molar-refractivity contribution in [3.05, 3.63) is 47.5 Å². The minimum Gasteiger partial charge on any atom is -0.497 e. The van der Waals surface area contributed by atoms with Crippen LogP contribution in [-0.4, -0.2) is 40.1 Å². The molecule has 2 heterocycles. The van der Waals surface area contributed by atoms with E-state index < -0.39 is 34.5 Å². The van der Waals surface area contributed by atoms with Crippen molar-refractivity contribution in [3.63, 3.8) is 0 Å². The Balaban J connectivity index is 2.05. The maximum absolute atomic E-state index is 10.6. The first kappa shape index (κ1) is 24.7. The summed E-state index contributed by atoms with van der Waals surface area (Å²) in [5.74, 6) is -1.67. The summed E-state index contributed by atoms with van der Waals surface area (Å²) in [4.78, 5) is 0. The molecule has 10 nitrogen and oxygen atoms in total. The average Bonchev–Trinajstić information content (AvgIpc) is 3.09. The van der Waals surface area contributed by atoms with E-state index in [9.17, 15) is 15.8 Å². The average molecular weight is 489 g/mol. The highest BCUT2D eigenvalue weighted by molar-refractivity contribution is 5.90. The zero-order valence-electron chi connectivity index (χ0n) is 20.4. The number of ether oxygens (including phenoxy) is 6. The van der Waals surface area contributed by atoms with Gasteiger partial charge in [0.25, 0.3) is 0 Å². The molecule has 2 bridgehead atoms. The lowest BCUT2D eigenvalue weighted by atomic mass is 9.52. The summed E-state index contributed by atoms with van der Waals surface area (Å²) in [5.41, 5.74) is -3.49. The first-order chi connectivity index (χ1) is 17.2. The van der Waals surface area contributed by atoms with Crippen LogP contribution in [0.3, 0.4) is 0 Å². The summed E-state index contributed by atoms with van der Waals surface area (Å²) in [6.07, 6.45) is -1.38. The number of rotatable bonds is 6. The SMILES string of the molecule is COc1ccc(C2C3(C)OC(=N)C2(C#N)C(C#N)(C#N)C(c2c(OC)cc(OC)cc2OC)O3)cc1. The molecule has 10 heteroatoms. The molecule has 0 aliphatic carbocycles. The van der Waals surface area contributed by atoms with Gasteiger partial charge in [-0.25, -0.2) is 0 Å². The third-order valence-corrected chi connectivity index (χ3v) is 6.98. The van der Waals surface area contributed by atoms with Crippen molar-refractivity contribution in [1.29, 1.82) is 21.2 Å². The van der Waals surface area contributed by atoms with Crippen LogP contribution >= 0.6 is 0 Å². The van der Waals surface area contributed by atoms with Gasteiger partial charge < -0.3 is 28.4 Å². The monoisotopic (exact) mass is 488 g/mol. The van der Waals surface area contributed by atoms with E-state index in [1.807, 2.05) is 12.1 Å². The van der Waals surface area contributed by atoms with Gasteiger partial charge in [-0.05, 0) is 17.7 Å². The zero-order valence-corrected chi connectivity index (χ0v) is 20.4. The number of methoxy groups -OCH3 is 4. The number of benzene rings is 2. The van der Waals surface area contributed by atoms with Gasteiger partial charge in [-0.15, -0.1) is 0 Å². The van der Waals surface area contributed by atoms with Crippen molar-refractivity contribution in [2.45, 2.75) is 24.7 Å². The second-order valence-corrected chi connectivity index (χ2v) is 8.55. The van der Waals surface area contributed by atoms with Crippen molar-refractivity contribution < 1.29 is 28.4 Å². The second-order valence-electron chi connectivity index (χ2n) is 8.55. The molecule has 4 atom stereocenters. The number of nitrogens with zero attached hydrogens (tertiary/aromatic N) is 3. The van der Waals surface area contributed by atoms with E-state index in [0.717, 1.165) is 0 Å². The van der Waals surface area contributed by atoms with Gasteiger partial charge >= 0.3 is 0 Å². The molecule has 4 rings (SSSR count). The molecule has 4 unspecified atom stereocenters. The van der Waals surface area contributed by atoms with E-state index in [1.165, 1.54) is 28.4 Å².